The zero-order chi connectivity index (χ0) is 13.7. The summed E-state index contributed by atoms with van der Waals surface area (Å²) in [6, 6.07) is 8.78. The van der Waals surface area contributed by atoms with Gasteiger partial charge in [0.1, 0.15) is 5.75 Å². The second-order valence-electron chi connectivity index (χ2n) is 4.04. The minimum atomic E-state index is -0.111. The van der Waals surface area contributed by atoms with E-state index in [-0.39, 0.29) is 12.3 Å². The third kappa shape index (κ3) is 3.45. The molecule has 0 aliphatic heterocycles. The van der Waals surface area contributed by atoms with Crippen LogP contribution in [0.5, 0.6) is 5.75 Å². The van der Waals surface area contributed by atoms with Crippen LogP contribution in [0.15, 0.2) is 42.7 Å². The molecular weight excluding hydrogens is 242 g/mol. The lowest BCUT2D eigenvalue weighted by Gasteiger charge is -2.09. The highest BCUT2D eigenvalue weighted by atomic mass is 16.5. The summed E-state index contributed by atoms with van der Waals surface area (Å²) in [7, 11) is 1.53. The van der Waals surface area contributed by atoms with Gasteiger partial charge in [0.2, 0.25) is 5.91 Å². The van der Waals surface area contributed by atoms with E-state index in [0.29, 0.717) is 17.1 Å². The minimum absolute atomic E-state index is 0.111. The SMILES string of the molecule is COc1cc(NC(=O)Cc2cccnc2)ccc1N. The summed E-state index contributed by atoms with van der Waals surface area (Å²) in [5.41, 5.74) is 7.76. The van der Waals surface area contributed by atoms with E-state index in [2.05, 4.69) is 10.3 Å². The van der Waals surface area contributed by atoms with E-state index in [1.54, 1.807) is 36.7 Å². The molecule has 0 saturated carbocycles. The number of amides is 1. The predicted molar refractivity (Wildman–Crippen MR) is 74.0 cm³/mol. The molecule has 0 spiro atoms. The standard InChI is InChI=1S/C14H15N3O2/c1-19-13-8-11(4-5-12(13)15)17-14(18)7-10-3-2-6-16-9-10/h2-6,8-9H,7,15H2,1H3,(H,17,18). The van der Waals surface area contributed by atoms with Crippen molar-refractivity contribution < 1.29 is 9.53 Å². The number of methoxy groups -OCH3 is 1. The molecule has 98 valence electrons. The summed E-state index contributed by atoms with van der Waals surface area (Å²) >= 11 is 0. The van der Waals surface area contributed by atoms with Crippen molar-refractivity contribution >= 4 is 17.3 Å². The number of benzene rings is 1. The van der Waals surface area contributed by atoms with Gasteiger partial charge in [-0.2, -0.15) is 0 Å². The monoisotopic (exact) mass is 257 g/mol. The largest absolute Gasteiger partial charge is 0.495 e. The number of carbonyl (C=O) groups excluding carboxylic acids is 1. The van der Waals surface area contributed by atoms with E-state index in [4.69, 9.17) is 10.5 Å². The molecule has 0 atom stereocenters. The van der Waals surface area contributed by atoms with Crippen LogP contribution < -0.4 is 15.8 Å². The maximum Gasteiger partial charge on any atom is 0.228 e. The van der Waals surface area contributed by atoms with E-state index in [1.165, 1.54) is 7.11 Å². The number of rotatable bonds is 4. The maximum absolute atomic E-state index is 11.9. The van der Waals surface area contributed by atoms with Crippen LogP contribution >= 0.6 is 0 Å². The predicted octanol–water partition coefficient (Wildman–Crippen LogP) is 1.85. The Morgan fingerprint density at radius 2 is 2.26 bits per heavy atom. The van der Waals surface area contributed by atoms with Crippen LogP contribution in [0.25, 0.3) is 0 Å². The van der Waals surface area contributed by atoms with Gasteiger partial charge in [-0.05, 0) is 23.8 Å². The topological polar surface area (TPSA) is 77.2 Å². The Morgan fingerprint density at radius 1 is 1.42 bits per heavy atom. The van der Waals surface area contributed by atoms with Crippen molar-refractivity contribution in [2.24, 2.45) is 0 Å². The minimum Gasteiger partial charge on any atom is -0.495 e. The molecule has 1 amide bonds. The second-order valence-corrected chi connectivity index (χ2v) is 4.04. The molecule has 0 radical (unpaired) electrons. The molecule has 0 unspecified atom stereocenters. The number of aromatic nitrogens is 1. The molecular formula is C14H15N3O2. The van der Waals surface area contributed by atoms with E-state index in [9.17, 15) is 4.79 Å². The number of hydrogen-bond donors (Lipinski definition) is 2. The molecule has 0 aliphatic rings. The Kier molecular flexibility index (Phi) is 3.97. The van der Waals surface area contributed by atoms with Gasteiger partial charge in [0.05, 0.1) is 19.2 Å². The number of nitrogens with two attached hydrogens (primary N) is 1. The second kappa shape index (κ2) is 5.86. The Bertz CT molecular complexity index is 570. The van der Waals surface area contributed by atoms with Crippen LogP contribution in [-0.2, 0) is 11.2 Å². The normalized spacial score (nSPS) is 9.95. The van der Waals surface area contributed by atoms with Crippen molar-refractivity contribution in [2.75, 3.05) is 18.2 Å². The first kappa shape index (κ1) is 12.9. The van der Waals surface area contributed by atoms with Gasteiger partial charge in [0, 0.05) is 24.1 Å². The van der Waals surface area contributed by atoms with Crippen molar-refractivity contribution in [2.45, 2.75) is 6.42 Å². The lowest BCUT2D eigenvalue weighted by atomic mass is 10.2. The number of anilines is 2. The number of carbonyl (C=O) groups is 1. The van der Waals surface area contributed by atoms with E-state index >= 15 is 0 Å². The Hall–Kier alpha value is -2.56. The van der Waals surface area contributed by atoms with Crippen LogP contribution in [0.3, 0.4) is 0 Å². The summed E-state index contributed by atoms with van der Waals surface area (Å²) in [6.07, 6.45) is 3.62. The molecule has 1 heterocycles. The highest BCUT2D eigenvalue weighted by Crippen LogP contribution is 2.24. The highest BCUT2D eigenvalue weighted by molar-refractivity contribution is 5.92. The molecule has 0 saturated heterocycles. The molecule has 2 aromatic rings. The Morgan fingerprint density at radius 3 is 2.95 bits per heavy atom. The van der Waals surface area contributed by atoms with Gasteiger partial charge in [-0.3, -0.25) is 9.78 Å². The molecule has 19 heavy (non-hydrogen) atoms. The van der Waals surface area contributed by atoms with Gasteiger partial charge < -0.3 is 15.8 Å². The van der Waals surface area contributed by atoms with Crippen molar-refractivity contribution in [1.82, 2.24) is 4.98 Å². The van der Waals surface area contributed by atoms with Gasteiger partial charge in [-0.1, -0.05) is 6.07 Å². The number of nitrogens with zero attached hydrogens (tertiary/aromatic N) is 1. The van der Waals surface area contributed by atoms with Crippen molar-refractivity contribution in [3.63, 3.8) is 0 Å². The average Bonchev–Trinajstić information content (AvgIpc) is 2.42. The van der Waals surface area contributed by atoms with Crippen molar-refractivity contribution in [1.29, 1.82) is 0 Å². The van der Waals surface area contributed by atoms with Crippen LogP contribution in [0.4, 0.5) is 11.4 Å². The van der Waals surface area contributed by atoms with Crippen LogP contribution in [-0.4, -0.2) is 18.0 Å². The molecule has 1 aromatic heterocycles. The summed E-state index contributed by atoms with van der Waals surface area (Å²) in [5.74, 6) is 0.430. The molecule has 2 rings (SSSR count). The number of pyridine rings is 1. The van der Waals surface area contributed by atoms with Crippen molar-refractivity contribution in [3.05, 3.63) is 48.3 Å². The zero-order valence-electron chi connectivity index (χ0n) is 10.6. The first-order valence-electron chi connectivity index (χ1n) is 5.81. The first-order chi connectivity index (χ1) is 9.19. The number of nitrogen functional groups attached to an aromatic ring is 1. The Labute approximate surface area is 111 Å². The highest BCUT2D eigenvalue weighted by Gasteiger charge is 2.06. The van der Waals surface area contributed by atoms with E-state index < -0.39 is 0 Å². The maximum atomic E-state index is 11.9. The molecule has 3 N–H and O–H groups in total. The smallest absolute Gasteiger partial charge is 0.228 e. The fraction of sp³-hybridized carbons (Fsp3) is 0.143. The molecule has 5 nitrogen and oxygen atoms in total. The molecule has 0 aliphatic carbocycles. The van der Waals surface area contributed by atoms with Crippen LogP contribution in [0, 0.1) is 0 Å². The molecule has 0 fully saturated rings. The number of ether oxygens (including phenoxy) is 1. The van der Waals surface area contributed by atoms with Gasteiger partial charge in [0.25, 0.3) is 0 Å². The summed E-state index contributed by atoms with van der Waals surface area (Å²) in [4.78, 5) is 15.8. The summed E-state index contributed by atoms with van der Waals surface area (Å²) < 4.78 is 5.10. The average molecular weight is 257 g/mol. The fourth-order valence-electron chi connectivity index (χ4n) is 1.68. The van der Waals surface area contributed by atoms with E-state index in [1.807, 2.05) is 6.07 Å². The fourth-order valence-corrected chi connectivity index (χ4v) is 1.68. The van der Waals surface area contributed by atoms with Crippen LogP contribution in [0.1, 0.15) is 5.56 Å². The number of hydrogen-bond acceptors (Lipinski definition) is 4. The van der Waals surface area contributed by atoms with Gasteiger partial charge in [-0.25, -0.2) is 0 Å². The van der Waals surface area contributed by atoms with Gasteiger partial charge in [-0.15, -0.1) is 0 Å². The van der Waals surface area contributed by atoms with Crippen LogP contribution in [0.2, 0.25) is 0 Å². The molecule has 0 bridgehead atoms. The molecule has 5 heteroatoms. The third-order valence-corrected chi connectivity index (χ3v) is 2.60. The van der Waals surface area contributed by atoms with E-state index in [0.717, 1.165) is 5.56 Å². The quantitative estimate of drug-likeness (QED) is 0.819. The van der Waals surface area contributed by atoms with Gasteiger partial charge in [0.15, 0.2) is 0 Å². The lowest BCUT2D eigenvalue weighted by molar-refractivity contribution is -0.115. The third-order valence-electron chi connectivity index (χ3n) is 2.60. The van der Waals surface area contributed by atoms with Crippen molar-refractivity contribution in [3.8, 4) is 5.75 Å². The Balaban J connectivity index is 2.03. The van der Waals surface area contributed by atoms with Gasteiger partial charge >= 0.3 is 0 Å². The first-order valence-corrected chi connectivity index (χ1v) is 5.81. The molecule has 1 aromatic carbocycles. The number of nitrogens with one attached hydrogen (secondary N) is 1. The summed E-state index contributed by atoms with van der Waals surface area (Å²) in [6.45, 7) is 0. The summed E-state index contributed by atoms with van der Waals surface area (Å²) in [5, 5.41) is 2.79. The zero-order valence-corrected chi connectivity index (χ0v) is 10.6. The lowest BCUT2D eigenvalue weighted by Crippen LogP contribution is -2.14.